The van der Waals surface area contributed by atoms with Crippen LogP contribution in [-0.2, 0) is 16.0 Å². The molecule has 1 unspecified atom stereocenters. The smallest absolute Gasteiger partial charge is 0.349 e. The molecule has 1 aliphatic rings. The summed E-state index contributed by atoms with van der Waals surface area (Å²) in [6, 6.07) is 4.67. The van der Waals surface area contributed by atoms with Gasteiger partial charge in [-0.15, -0.1) is 10.2 Å². The van der Waals surface area contributed by atoms with Crippen LogP contribution in [-0.4, -0.2) is 51.5 Å². The number of aryl methyl sites for hydroxylation is 1. The zero-order chi connectivity index (χ0) is 21.1. The molecule has 3 rings (SSSR count). The van der Waals surface area contributed by atoms with Gasteiger partial charge >= 0.3 is 6.03 Å². The minimum Gasteiger partial charge on any atom is -0.416 e. The molecule has 0 saturated carbocycles. The summed E-state index contributed by atoms with van der Waals surface area (Å²) in [5.41, 5.74) is 1.92. The predicted molar refractivity (Wildman–Crippen MR) is 108 cm³/mol. The van der Waals surface area contributed by atoms with Crippen LogP contribution in [0.1, 0.15) is 18.4 Å². The highest BCUT2D eigenvalue weighted by atomic mass is 35.5. The molecule has 29 heavy (non-hydrogen) atoms. The predicted octanol–water partition coefficient (Wildman–Crippen LogP) is 2.97. The minimum absolute atomic E-state index is 0.0627. The van der Waals surface area contributed by atoms with Gasteiger partial charge in [-0.3, -0.25) is 14.5 Å². The molecule has 4 amide bonds. The number of halogens is 1. The lowest BCUT2D eigenvalue weighted by molar-refractivity contribution is -0.129. The van der Waals surface area contributed by atoms with Gasteiger partial charge in [-0.1, -0.05) is 29.4 Å². The summed E-state index contributed by atoms with van der Waals surface area (Å²) in [5.74, 6) is -0.960. The van der Waals surface area contributed by atoms with Gasteiger partial charge in [0.2, 0.25) is 17.7 Å². The van der Waals surface area contributed by atoms with Crippen molar-refractivity contribution in [1.29, 1.82) is 0 Å². The highest BCUT2D eigenvalue weighted by Crippen LogP contribution is 2.23. The third-order valence-corrected chi connectivity index (χ3v) is 5.53. The molecule has 152 valence electrons. The molecular formula is C18H18ClN5O4S. The Bertz CT molecular complexity index is 1010. The van der Waals surface area contributed by atoms with Crippen LogP contribution < -0.4 is 5.32 Å². The van der Waals surface area contributed by atoms with E-state index < -0.39 is 11.9 Å². The summed E-state index contributed by atoms with van der Waals surface area (Å²) in [6.07, 6.45) is 0.132. The largest absolute Gasteiger partial charge is 0.416 e. The molecule has 1 aliphatic heterocycles. The Morgan fingerprint density at radius 1 is 1.31 bits per heavy atom. The number of anilines is 1. The molecule has 2 aromatic rings. The third kappa shape index (κ3) is 5.01. The monoisotopic (exact) mass is 435 g/mol. The topological polar surface area (TPSA) is 118 Å². The van der Waals surface area contributed by atoms with Gasteiger partial charge in [0.25, 0.3) is 5.22 Å². The van der Waals surface area contributed by atoms with E-state index in [0.29, 0.717) is 16.4 Å². The molecule has 9 nitrogen and oxygen atoms in total. The average Bonchev–Trinajstić information content (AvgIpc) is 3.12. The Labute approximate surface area is 175 Å². The van der Waals surface area contributed by atoms with Crippen LogP contribution in [0.15, 0.2) is 32.8 Å². The maximum Gasteiger partial charge on any atom is 0.349 e. The van der Waals surface area contributed by atoms with Crippen LogP contribution in [0.2, 0.25) is 5.02 Å². The maximum atomic E-state index is 12.3. The zero-order valence-corrected chi connectivity index (χ0v) is 17.5. The standard InChI is InChI=1S/C18H18ClN5O4S/c1-9-4-5-11(6-13(9)19)21-14(25)8-29-18-23-22-15(28-18)7-12-10(2)20-17(27)24(3)16(12)26/h4-6,12H,7-8H2,1-3H3,(H,21,25). The highest BCUT2D eigenvalue weighted by molar-refractivity contribution is 7.99. The number of nitrogens with zero attached hydrogens (tertiary/aromatic N) is 4. The first-order valence-corrected chi connectivity index (χ1v) is 9.99. The molecule has 1 aromatic carbocycles. The number of aromatic nitrogens is 2. The fraction of sp³-hybridized carbons (Fsp3) is 0.333. The summed E-state index contributed by atoms with van der Waals surface area (Å²) in [7, 11) is 1.38. The molecule has 1 N–H and O–H groups in total. The molecule has 11 heteroatoms. The lowest BCUT2D eigenvalue weighted by Gasteiger charge is -2.24. The van der Waals surface area contributed by atoms with E-state index in [1.165, 1.54) is 7.05 Å². The van der Waals surface area contributed by atoms with Crippen LogP contribution in [0, 0.1) is 12.8 Å². The molecule has 0 saturated heterocycles. The number of hydrogen-bond acceptors (Lipinski definition) is 7. The van der Waals surface area contributed by atoms with Gasteiger partial charge in [0, 0.05) is 29.9 Å². The molecule has 1 atom stereocenters. The number of urea groups is 1. The molecule has 0 bridgehead atoms. The Morgan fingerprint density at radius 3 is 2.79 bits per heavy atom. The number of hydrogen-bond donors (Lipinski definition) is 1. The number of aliphatic imine (C=N–C) groups is 1. The van der Waals surface area contributed by atoms with Gasteiger partial charge in [0.05, 0.1) is 11.7 Å². The fourth-order valence-corrected chi connectivity index (χ4v) is 3.36. The highest BCUT2D eigenvalue weighted by Gasteiger charge is 2.34. The second-order valence-electron chi connectivity index (χ2n) is 6.45. The summed E-state index contributed by atoms with van der Waals surface area (Å²) < 4.78 is 5.51. The van der Waals surface area contributed by atoms with Crippen molar-refractivity contribution >= 4 is 52.6 Å². The number of thioether (sulfide) groups is 1. The first kappa shape index (κ1) is 21.0. The van der Waals surface area contributed by atoms with E-state index in [-0.39, 0.29) is 35.1 Å². The number of carbonyl (C=O) groups excluding carboxylic acids is 3. The minimum atomic E-state index is -0.634. The number of nitrogens with one attached hydrogen (secondary N) is 1. The van der Waals surface area contributed by atoms with E-state index in [2.05, 4.69) is 20.5 Å². The van der Waals surface area contributed by atoms with Gasteiger partial charge in [-0.2, -0.15) is 0 Å². The lowest BCUT2D eigenvalue weighted by atomic mass is 9.97. The number of amides is 4. The van der Waals surface area contributed by atoms with Crippen molar-refractivity contribution in [1.82, 2.24) is 15.1 Å². The van der Waals surface area contributed by atoms with Gasteiger partial charge < -0.3 is 9.73 Å². The van der Waals surface area contributed by atoms with Crippen molar-refractivity contribution in [2.45, 2.75) is 25.5 Å². The van der Waals surface area contributed by atoms with Crippen LogP contribution in [0.5, 0.6) is 0 Å². The van der Waals surface area contributed by atoms with Gasteiger partial charge in [-0.05, 0) is 31.5 Å². The first-order valence-electron chi connectivity index (χ1n) is 8.62. The van der Waals surface area contributed by atoms with Crippen molar-refractivity contribution in [2.75, 3.05) is 18.1 Å². The van der Waals surface area contributed by atoms with Crippen molar-refractivity contribution < 1.29 is 18.8 Å². The maximum absolute atomic E-state index is 12.3. The summed E-state index contributed by atoms with van der Waals surface area (Å²) in [6.45, 7) is 3.49. The SMILES string of the molecule is CC1=NC(=O)N(C)C(=O)C1Cc1nnc(SCC(=O)Nc2ccc(C)c(Cl)c2)o1. The number of carbonyl (C=O) groups is 3. The Kier molecular flexibility index (Phi) is 6.33. The van der Waals surface area contributed by atoms with E-state index in [9.17, 15) is 14.4 Å². The second kappa shape index (κ2) is 8.75. The zero-order valence-electron chi connectivity index (χ0n) is 15.9. The Balaban J connectivity index is 1.55. The van der Waals surface area contributed by atoms with E-state index in [1.54, 1.807) is 19.1 Å². The molecule has 2 heterocycles. The van der Waals surface area contributed by atoms with Crippen LogP contribution in [0.4, 0.5) is 10.5 Å². The average molecular weight is 436 g/mol. The molecule has 0 radical (unpaired) electrons. The molecule has 0 fully saturated rings. The quantitative estimate of drug-likeness (QED) is 0.693. The number of imide groups is 1. The third-order valence-electron chi connectivity index (χ3n) is 4.30. The van der Waals surface area contributed by atoms with E-state index in [0.717, 1.165) is 22.2 Å². The second-order valence-corrected chi connectivity index (χ2v) is 7.79. The van der Waals surface area contributed by atoms with Crippen molar-refractivity contribution in [3.63, 3.8) is 0 Å². The Morgan fingerprint density at radius 2 is 2.07 bits per heavy atom. The fourth-order valence-electron chi connectivity index (χ4n) is 2.59. The van der Waals surface area contributed by atoms with E-state index in [4.69, 9.17) is 16.0 Å². The summed E-state index contributed by atoms with van der Waals surface area (Å²) in [5, 5.41) is 11.3. The van der Waals surface area contributed by atoms with Crippen molar-refractivity contribution in [3.05, 3.63) is 34.7 Å². The Hall–Kier alpha value is -2.72. The van der Waals surface area contributed by atoms with Crippen molar-refractivity contribution in [2.24, 2.45) is 10.9 Å². The van der Waals surface area contributed by atoms with Gasteiger partial charge in [-0.25, -0.2) is 9.79 Å². The first-order chi connectivity index (χ1) is 13.7. The molecular weight excluding hydrogens is 418 g/mol. The normalized spacial score (nSPS) is 16.8. The molecule has 0 aliphatic carbocycles. The van der Waals surface area contributed by atoms with Crippen LogP contribution in [0.3, 0.4) is 0 Å². The lowest BCUT2D eigenvalue weighted by Crippen LogP contribution is -2.44. The summed E-state index contributed by atoms with van der Waals surface area (Å²) >= 11 is 7.12. The number of benzene rings is 1. The molecule has 0 spiro atoms. The van der Waals surface area contributed by atoms with Crippen LogP contribution >= 0.6 is 23.4 Å². The van der Waals surface area contributed by atoms with E-state index in [1.807, 2.05) is 13.0 Å². The van der Waals surface area contributed by atoms with E-state index >= 15 is 0 Å². The van der Waals surface area contributed by atoms with Crippen molar-refractivity contribution in [3.8, 4) is 0 Å². The number of rotatable bonds is 6. The molecule has 1 aromatic heterocycles. The van der Waals surface area contributed by atoms with Gasteiger partial charge in [0.15, 0.2) is 0 Å². The summed E-state index contributed by atoms with van der Waals surface area (Å²) in [4.78, 5) is 40.7. The van der Waals surface area contributed by atoms with Gasteiger partial charge in [0.1, 0.15) is 0 Å². The van der Waals surface area contributed by atoms with Crippen LogP contribution in [0.25, 0.3) is 0 Å².